The summed E-state index contributed by atoms with van der Waals surface area (Å²) in [6.45, 7) is 2.76. The number of hydrogen-bond acceptors (Lipinski definition) is 6. The minimum atomic E-state index is -3.45. The maximum atomic E-state index is 11.9. The first-order chi connectivity index (χ1) is 8.99. The second-order valence-electron chi connectivity index (χ2n) is 4.16. The van der Waals surface area contributed by atoms with Crippen molar-refractivity contribution in [3.63, 3.8) is 0 Å². The molecular weight excluding hydrogens is 274 g/mol. The van der Waals surface area contributed by atoms with E-state index in [0.717, 1.165) is 0 Å². The third-order valence-corrected chi connectivity index (χ3v) is 4.39. The molecule has 0 aromatic rings. The van der Waals surface area contributed by atoms with Crippen LogP contribution in [0.3, 0.4) is 0 Å². The molecule has 0 aliphatic carbocycles. The molecule has 0 aromatic carbocycles. The minimum Gasteiger partial charge on any atom is -0.409 e. The van der Waals surface area contributed by atoms with Crippen LogP contribution < -0.4 is 10.5 Å². The van der Waals surface area contributed by atoms with E-state index in [9.17, 15) is 8.42 Å². The van der Waals surface area contributed by atoms with Gasteiger partial charge in [-0.05, 0) is 0 Å². The lowest BCUT2D eigenvalue weighted by Crippen LogP contribution is -2.53. The van der Waals surface area contributed by atoms with Crippen LogP contribution in [0.2, 0.25) is 0 Å². The molecule has 19 heavy (non-hydrogen) atoms. The summed E-state index contributed by atoms with van der Waals surface area (Å²) in [4.78, 5) is 1.93. The molecular formula is C9H21N5O4S. The lowest BCUT2D eigenvalue weighted by atomic mass is 10.3. The fourth-order valence-electron chi connectivity index (χ4n) is 1.75. The van der Waals surface area contributed by atoms with Crippen molar-refractivity contribution >= 4 is 16.0 Å². The van der Waals surface area contributed by atoms with Gasteiger partial charge in [0, 0.05) is 39.8 Å². The Bertz CT molecular complexity index is 391. The number of amidine groups is 1. The van der Waals surface area contributed by atoms with E-state index in [0.29, 0.717) is 39.3 Å². The summed E-state index contributed by atoms with van der Waals surface area (Å²) in [6.07, 6.45) is 0. The Morgan fingerprint density at radius 1 is 1.42 bits per heavy atom. The zero-order chi connectivity index (χ0) is 14.3. The highest BCUT2D eigenvalue weighted by molar-refractivity contribution is 7.87. The van der Waals surface area contributed by atoms with Crippen molar-refractivity contribution in [3.8, 4) is 0 Å². The maximum absolute atomic E-state index is 11.9. The number of nitrogens with one attached hydrogen (secondary N) is 1. The molecule has 0 saturated carbocycles. The van der Waals surface area contributed by atoms with Gasteiger partial charge in [-0.25, -0.2) is 0 Å². The highest BCUT2D eigenvalue weighted by atomic mass is 32.2. The average molecular weight is 295 g/mol. The van der Waals surface area contributed by atoms with Crippen molar-refractivity contribution in [2.24, 2.45) is 10.9 Å². The number of nitrogens with zero attached hydrogens (tertiary/aromatic N) is 3. The molecule has 0 unspecified atom stereocenters. The molecule has 0 radical (unpaired) electrons. The van der Waals surface area contributed by atoms with E-state index in [1.165, 1.54) is 11.4 Å². The lowest BCUT2D eigenvalue weighted by Gasteiger charge is -2.33. The number of oxime groups is 1. The van der Waals surface area contributed by atoms with E-state index in [-0.39, 0.29) is 12.4 Å². The summed E-state index contributed by atoms with van der Waals surface area (Å²) < 4.78 is 32.4. The number of methoxy groups -OCH3 is 1. The Balaban J connectivity index is 2.40. The Morgan fingerprint density at radius 3 is 2.58 bits per heavy atom. The minimum absolute atomic E-state index is 0.120. The fraction of sp³-hybridized carbons (Fsp3) is 0.889. The largest absolute Gasteiger partial charge is 0.409 e. The summed E-state index contributed by atoms with van der Waals surface area (Å²) in [7, 11) is -1.93. The Kier molecular flexibility index (Phi) is 6.45. The SMILES string of the molecule is COCCNS(=O)(=O)N1CCN(CC(N)=NO)CC1. The van der Waals surface area contributed by atoms with Gasteiger partial charge in [0.2, 0.25) is 0 Å². The van der Waals surface area contributed by atoms with Crippen molar-refractivity contribution in [1.29, 1.82) is 0 Å². The third-order valence-electron chi connectivity index (χ3n) is 2.78. The second-order valence-corrected chi connectivity index (χ2v) is 5.91. The predicted molar refractivity (Wildman–Crippen MR) is 70.2 cm³/mol. The Hall–Kier alpha value is -0.940. The number of hydrogen-bond donors (Lipinski definition) is 3. The van der Waals surface area contributed by atoms with Gasteiger partial charge in [-0.3, -0.25) is 4.90 Å². The highest BCUT2D eigenvalue weighted by Gasteiger charge is 2.26. The molecule has 4 N–H and O–H groups in total. The molecule has 0 amide bonds. The normalized spacial score (nSPS) is 19.7. The molecule has 1 fully saturated rings. The Labute approximate surface area is 113 Å². The van der Waals surface area contributed by atoms with E-state index in [4.69, 9.17) is 15.7 Å². The summed E-state index contributed by atoms with van der Waals surface area (Å²) >= 11 is 0. The lowest BCUT2D eigenvalue weighted by molar-refractivity contribution is 0.196. The summed E-state index contributed by atoms with van der Waals surface area (Å²) in [5.74, 6) is 0.120. The Morgan fingerprint density at radius 2 is 2.05 bits per heavy atom. The van der Waals surface area contributed by atoms with Crippen molar-refractivity contribution in [2.75, 3.05) is 53.0 Å². The highest BCUT2D eigenvalue weighted by Crippen LogP contribution is 2.05. The van der Waals surface area contributed by atoms with Crippen LogP contribution in [0.1, 0.15) is 0 Å². The predicted octanol–water partition coefficient (Wildman–Crippen LogP) is -2.17. The van der Waals surface area contributed by atoms with Crippen LogP contribution in [-0.2, 0) is 14.9 Å². The molecule has 1 heterocycles. The molecule has 0 spiro atoms. The maximum Gasteiger partial charge on any atom is 0.279 e. The average Bonchev–Trinajstić information content (AvgIpc) is 2.39. The van der Waals surface area contributed by atoms with Crippen LogP contribution in [0, 0.1) is 0 Å². The van der Waals surface area contributed by atoms with E-state index < -0.39 is 10.2 Å². The molecule has 1 saturated heterocycles. The van der Waals surface area contributed by atoms with Gasteiger partial charge in [-0.1, -0.05) is 5.16 Å². The van der Waals surface area contributed by atoms with E-state index in [1.54, 1.807) is 0 Å². The second kappa shape index (κ2) is 7.60. The van der Waals surface area contributed by atoms with E-state index in [1.807, 2.05) is 4.90 Å². The first kappa shape index (κ1) is 16.1. The summed E-state index contributed by atoms with van der Waals surface area (Å²) in [5, 5.41) is 11.4. The van der Waals surface area contributed by atoms with Crippen LogP contribution in [0.4, 0.5) is 0 Å². The molecule has 1 rings (SSSR count). The van der Waals surface area contributed by atoms with E-state index >= 15 is 0 Å². The van der Waals surface area contributed by atoms with Gasteiger partial charge >= 0.3 is 0 Å². The standard InChI is InChI=1S/C9H21N5O4S/c1-18-7-2-11-19(16,17)14-5-3-13(4-6-14)8-9(10)12-15/h11,15H,2-8H2,1H3,(H2,10,12). The molecule has 112 valence electrons. The zero-order valence-corrected chi connectivity index (χ0v) is 11.8. The van der Waals surface area contributed by atoms with Crippen molar-refractivity contribution < 1.29 is 18.4 Å². The molecule has 10 heteroatoms. The van der Waals surface area contributed by atoms with Crippen molar-refractivity contribution in [3.05, 3.63) is 0 Å². The van der Waals surface area contributed by atoms with Gasteiger partial charge in [0.25, 0.3) is 10.2 Å². The van der Waals surface area contributed by atoms with E-state index in [2.05, 4.69) is 9.88 Å². The smallest absolute Gasteiger partial charge is 0.279 e. The first-order valence-corrected chi connectivity index (χ1v) is 7.36. The van der Waals surface area contributed by atoms with Crippen LogP contribution in [0.25, 0.3) is 0 Å². The zero-order valence-electron chi connectivity index (χ0n) is 10.9. The molecule has 1 aliphatic rings. The van der Waals surface area contributed by atoms with Crippen LogP contribution in [0.5, 0.6) is 0 Å². The molecule has 1 aliphatic heterocycles. The molecule has 9 nitrogen and oxygen atoms in total. The monoisotopic (exact) mass is 295 g/mol. The number of piperazine rings is 1. The number of ether oxygens (including phenoxy) is 1. The topological polar surface area (TPSA) is 120 Å². The molecule has 0 atom stereocenters. The van der Waals surface area contributed by atoms with Gasteiger partial charge in [-0.15, -0.1) is 0 Å². The number of nitrogens with two attached hydrogens (primary N) is 1. The van der Waals surface area contributed by atoms with Gasteiger partial charge in [0.1, 0.15) is 0 Å². The van der Waals surface area contributed by atoms with Crippen LogP contribution in [0.15, 0.2) is 5.16 Å². The third kappa shape index (κ3) is 5.28. The first-order valence-electron chi connectivity index (χ1n) is 5.92. The van der Waals surface area contributed by atoms with Crippen LogP contribution >= 0.6 is 0 Å². The van der Waals surface area contributed by atoms with Crippen molar-refractivity contribution in [2.45, 2.75) is 0 Å². The van der Waals surface area contributed by atoms with Crippen molar-refractivity contribution in [1.82, 2.24) is 13.9 Å². The summed E-state index contributed by atoms with van der Waals surface area (Å²) in [5.41, 5.74) is 5.41. The summed E-state index contributed by atoms with van der Waals surface area (Å²) in [6, 6.07) is 0. The quantitative estimate of drug-likeness (QED) is 0.162. The van der Waals surface area contributed by atoms with Gasteiger partial charge in [0.05, 0.1) is 13.2 Å². The fourth-order valence-corrected chi connectivity index (χ4v) is 2.92. The molecule has 0 aromatic heterocycles. The van der Waals surface area contributed by atoms with Crippen LogP contribution in [-0.4, -0.2) is 81.7 Å². The van der Waals surface area contributed by atoms with Gasteiger partial charge < -0.3 is 15.7 Å². The molecule has 0 bridgehead atoms. The van der Waals surface area contributed by atoms with Gasteiger partial charge in [-0.2, -0.15) is 17.4 Å². The van der Waals surface area contributed by atoms with Gasteiger partial charge in [0.15, 0.2) is 5.84 Å². The number of rotatable bonds is 7.